The van der Waals surface area contributed by atoms with Gasteiger partial charge in [0.2, 0.25) is 5.66 Å². The molecule has 0 aromatic heterocycles. The number of fused-ring (bicyclic) bond motifs is 3. The number of carbonyl (C=O) groups excluding carboxylic acids is 2. The van der Waals surface area contributed by atoms with Gasteiger partial charge in [-0.25, -0.2) is 0 Å². The van der Waals surface area contributed by atoms with Gasteiger partial charge in [-0.05, 0) is 36.8 Å². The Labute approximate surface area is 179 Å². The normalized spacial score (nSPS) is 18.9. The van der Waals surface area contributed by atoms with E-state index >= 15 is 0 Å². The Morgan fingerprint density at radius 1 is 0.935 bits per heavy atom. The molecule has 7 heteroatoms. The van der Waals surface area contributed by atoms with Gasteiger partial charge in [0, 0.05) is 17.3 Å². The number of rotatable bonds is 3. The molecule has 2 aliphatic rings. The highest BCUT2D eigenvalue weighted by Gasteiger charge is 2.57. The van der Waals surface area contributed by atoms with Gasteiger partial charge in [-0.1, -0.05) is 30.3 Å². The van der Waals surface area contributed by atoms with Gasteiger partial charge in [-0.15, -0.1) is 0 Å². The first kappa shape index (κ1) is 19.0. The van der Waals surface area contributed by atoms with Crippen LogP contribution in [0.4, 0.5) is 17.1 Å². The Bertz CT molecular complexity index is 1240. The summed E-state index contributed by atoms with van der Waals surface area (Å²) in [5.41, 5.74) is 2.36. The first-order chi connectivity index (χ1) is 15.0. The highest BCUT2D eigenvalue weighted by molar-refractivity contribution is 6.22. The molecule has 0 fully saturated rings. The van der Waals surface area contributed by atoms with E-state index in [1.807, 2.05) is 31.2 Å². The van der Waals surface area contributed by atoms with Gasteiger partial charge in [0.25, 0.3) is 11.8 Å². The van der Waals surface area contributed by atoms with Crippen LogP contribution in [0.2, 0.25) is 0 Å². The van der Waals surface area contributed by atoms with Crippen molar-refractivity contribution in [2.45, 2.75) is 12.6 Å². The maximum atomic E-state index is 13.9. The van der Waals surface area contributed by atoms with Gasteiger partial charge in [-0.3, -0.25) is 14.5 Å². The van der Waals surface area contributed by atoms with Crippen LogP contribution < -0.4 is 25.0 Å². The molecule has 3 aromatic carbocycles. The van der Waals surface area contributed by atoms with E-state index in [0.29, 0.717) is 39.7 Å². The predicted molar refractivity (Wildman–Crippen MR) is 118 cm³/mol. The fraction of sp³-hybridized carbons (Fsp3) is 0.167. The van der Waals surface area contributed by atoms with Crippen LogP contribution in [0, 0.1) is 6.92 Å². The minimum absolute atomic E-state index is 0.303. The molecule has 1 spiro atoms. The number of nitrogens with zero attached hydrogens (tertiary/aromatic N) is 1. The number of hydrogen-bond donors (Lipinski definition) is 2. The summed E-state index contributed by atoms with van der Waals surface area (Å²) in [6, 6.07) is 18.0. The summed E-state index contributed by atoms with van der Waals surface area (Å²) >= 11 is 0. The summed E-state index contributed by atoms with van der Waals surface area (Å²) in [6.45, 7) is 1.93. The molecule has 2 heterocycles. The van der Waals surface area contributed by atoms with Crippen molar-refractivity contribution in [2.24, 2.45) is 0 Å². The first-order valence-electron chi connectivity index (χ1n) is 9.86. The minimum Gasteiger partial charge on any atom is -0.497 e. The Morgan fingerprint density at radius 3 is 2.52 bits per heavy atom. The largest absolute Gasteiger partial charge is 0.497 e. The molecule has 0 saturated carbocycles. The third-order valence-electron chi connectivity index (χ3n) is 5.87. The molecular formula is C24H21N3O4. The van der Waals surface area contributed by atoms with Crippen molar-refractivity contribution in [1.82, 2.24) is 0 Å². The van der Waals surface area contributed by atoms with Crippen molar-refractivity contribution in [3.05, 3.63) is 77.4 Å². The molecule has 3 aromatic rings. The summed E-state index contributed by atoms with van der Waals surface area (Å²) in [5.74, 6) is 0.363. The Balaban J connectivity index is 1.83. The number of nitrogens with one attached hydrogen (secondary N) is 2. The summed E-state index contributed by atoms with van der Waals surface area (Å²) in [7, 11) is 3.08. The second kappa shape index (κ2) is 6.77. The van der Waals surface area contributed by atoms with Crippen molar-refractivity contribution in [2.75, 3.05) is 29.8 Å². The van der Waals surface area contributed by atoms with E-state index in [1.165, 1.54) is 12.0 Å². The third kappa shape index (κ3) is 2.53. The number of hydrogen-bond acceptors (Lipinski definition) is 5. The second-order valence-electron chi connectivity index (χ2n) is 7.51. The fourth-order valence-electron chi connectivity index (χ4n) is 4.37. The molecule has 2 N–H and O–H groups in total. The first-order valence-corrected chi connectivity index (χ1v) is 9.86. The molecule has 0 bridgehead atoms. The van der Waals surface area contributed by atoms with Crippen LogP contribution in [0.1, 0.15) is 21.5 Å². The number of carbonyl (C=O) groups is 2. The number of aryl methyl sites for hydroxylation is 1. The van der Waals surface area contributed by atoms with E-state index in [1.54, 1.807) is 43.5 Å². The lowest BCUT2D eigenvalue weighted by Crippen LogP contribution is -2.61. The molecule has 2 amide bonds. The van der Waals surface area contributed by atoms with Crippen LogP contribution in [0.5, 0.6) is 11.5 Å². The average molecular weight is 415 g/mol. The van der Waals surface area contributed by atoms with Crippen molar-refractivity contribution < 1.29 is 19.1 Å². The van der Waals surface area contributed by atoms with E-state index in [2.05, 4.69) is 10.6 Å². The summed E-state index contributed by atoms with van der Waals surface area (Å²) in [6.07, 6.45) is 0. The molecule has 2 aliphatic heterocycles. The lowest BCUT2D eigenvalue weighted by atomic mass is 9.91. The smallest absolute Gasteiger partial charge is 0.276 e. The summed E-state index contributed by atoms with van der Waals surface area (Å²) < 4.78 is 10.9. The fourth-order valence-corrected chi connectivity index (χ4v) is 4.37. The Kier molecular flexibility index (Phi) is 4.15. The Hall–Kier alpha value is -4.00. The number of amides is 2. The SMILES string of the molecule is COc1ccc(N2C(=O)c3ccccc3N[C@]23C(=O)Nc2c(C)cccc23)c(OC)c1. The number of para-hydroxylation sites is 2. The van der Waals surface area contributed by atoms with E-state index < -0.39 is 5.66 Å². The van der Waals surface area contributed by atoms with Gasteiger partial charge >= 0.3 is 0 Å². The zero-order valence-electron chi connectivity index (χ0n) is 17.4. The van der Waals surface area contributed by atoms with Gasteiger partial charge in [0.1, 0.15) is 11.5 Å². The van der Waals surface area contributed by atoms with E-state index in [0.717, 1.165) is 5.56 Å². The number of ether oxygens (including phenoxy) is 2. The lowest BCUT2D eigenvalue weighted by molar-refractivity contribution is -0.119. The predicted octanol–water partition coefficient (Wildman–Crippen LogP) is 3.89. The van der Waals surface area contributed by atoms with Crippen molar-refractivity contribution >= 4 is 28.9 Å². The number of anilines is 3. The van der Waals surface area contributed by atoms with Gasteiger partial charge in [-0.2, -0.15) is 0 Å². The van der Waals surface area contributed by atoms with Crippen LogP contribution in [-0.4, -0.2) is 26.0 Å². The number of benzene rings is 3. The zero-order chi connectivity index (χ0) is 21.8. The molecular weight excluding hydrogens is 394 g/mol. The van der Waals surface area contributed by atoms with Gasteiger partial charge < -0.3 is 20.1 Å². The summed E-state index contributed by atoms with van der Waals surface area (Å²) in [4.78, 5) is 28.9. The molecule has 0 aliphatic carbocycles. The zero-order valence-corrected chi connectivity index (χ0v) is 17.4. The molecule has 0 radical (unpaired) electrons. The maximum absolute atomic E-state index is 13.9. The van der Waals surface area contributed by atoms with E-state index in [-0.39, 0.29) is 11.8 Å². The quantitative estimate of drug-likeness (QED) is 0.679. The molecule has 5 rings (SSSR count). The minimum atomic E-state index is -1.46. The third-order valence-corrected chi connectivity index (χ3v) is 5.87. The summed E-state index contributed by atoms with van der Waals surface area (Å²) in [5, 5.41) is 6.35. The van der Waals surface area contributed by atoms with Crippen LogP contribution in [-0.2, 0) is 10.5 Å². The standard InChI is InChI=1S/C24H21N3O4/c1-14-7-6-9-17-21(14)25-23(29)24(17)26-18-10-5-4-8-16(18)22(28)27(24)19-12-11-15(30-2)13-20(19)31-3/h4-13,26H,1-3H3,(H,25,29)/t24-/m0/s1. The molecule has 7 nitrogen and oxygen atoms in total. The number of methoxy groups -OCH3 is 2. The molecule has 0 unspecified atom stereocenters. The van der Waals surface area contributed by atoms with Crippen LogP contribution in [0.25, 0.3) is 0 Å². The van der Waals surface area contributed by atoms with Crippen LogP contribution >= 0.6 is 0 Å². The second-order valence-corrected chi connectivity index (χ2v) is 7.51. The topological polar surface area (TPSA) is 79.9 Å². The monoisotopic (exact) mass is 415 g/mol. The Morgan fingerprint density at radius 2 is 1.74 bits per heavy atom. The lowest BCUT2D eigenvalue weighted by Gasteiger charge is -2.44. The molecule has 1 atom stereocenters. The highest BCUT2D eigenvalue weighted by Crippen LogP contribution is 2.50. The van der Waals surface area contributed by atoms with Crippen molar-refractivity contribution in [3.8, 4) is 11.5 Å². The average Bonchev–Trinajstić information content (AvgIpc) is 3.07. The molecule has 156 valence electrons. The molecule has 0 saturated heterocycles. The van der Waals surface area contributed by atoms with Crippen molar-refractivity contribution in [1.29, 1.82) is 0 Å². The highest BCUT2D eigenvalue weighted by atomic mass is 16.5. The maximum Gasteiger partial charge on any atom is 0.276 e. The van der Waals surface area contributed by atoms with Crippen LogP contribution in [0.3, 0.4) is 0 Å². The van der Waals surface area contributed by atoms with Crippen LogP contribution in [0.15, 0.2) is 60.7 Å². The van der Waals surface area contributed by atoms with E-state index in [4.69, 9.17) is 9.47 Å². The van der Waals surface area contributed by atoms with Gasteiger partial charge in [0.15, 0.2) is 0 Å². The van der Waals surface area contributed by atoms with Crippen molar-refractivity contribution in [3.63, 3.8) is 0 Å². The van der Waals surface area contributed by atoms with Gasteiger partial charge in [0.05, 0.1) is 31.2 Å². The molecule has 31 heavy (non-hydrogen) atoms. The van der Waals surface area contributed by atoms with E-state index in [9.17, 15) is 9.59 Å².